The van der Waals surface area contributed by atoms with Crippen LogP contribution in [0.2, 0.25) is 0 Å². The number of hydrogen-bond acceptors (Lipinski definition) is 3. The molecule has 0 bridgehead atoms. The molecule has 5 heteroatoms. The van der Waals surface area contributed by atoms with E-state index >= 15 is 0 Å². The third-order valence-electron chi connectivity index (χ3n) is 1.81. The number of benzene rings is 1. The van der Waals surface area contributed by atoms with Crippen LogP contribution in [0.4, 0.5) is 15.8 Å². The van der Waals surface area contributed by atoms with E-state index in [1.165, 1.54) is 6.07 Å². The van der Waals surface area contributed by atoms with Crippen LogP contribution in [0.1, 0.15) is 13.8 Å². The molecule has 0 spiro atoms. The number of nitrogens with two attached hydrogens (primary N) is 1. The molecule has 0 aliphatic carbocycles. The van der Waals surface area contributed by atoms with Crippen molar-refractivity contribution in [1.82, 2.24) is 0 Å². The number of nitrogen functional groups attached to an aromatic ring is 1. The Labute approximate surface area is 96.6 Å². The molecule has 0 radical (unpaired) electrons. The highest BCUT2D eigenvalue weighted by Crippen LogP contribution is 2.27. The summed E-state index contributed by atoms with van der Waals surface area (Å²) in [6.45, 7) is 3.61. The predicted octanol–water partition coefficient (Wildman–Crippen LogP) is 2.35. The molecule has 0 fully saturated rings. The summed E-state index contributed by atoms with van der Waals surface area (Å²) < 4.78 is 13.8. The fraction of sp³-hybridized carbons (Fsp3) is 0.400. The molecule has 84 valence electrons. The second-order valence-electron chi connectivity index (χ2n) is 4.01. The van der Waals surface area contributed by atoms with Crippen molar-refractivity contribution in [1.29, 1.82) is 0 Å². The van der Waals surface area contributed by atoms with Gasteiger partial charge < -0.3 is 16.2 Å². The lowest BCUT2D eigenvalue weighted by atomic mass is 10.1. The number of aliphatic hydroxyl groups is 1. The largest absolute Gasteiger partial charge is 0.395 e. The zero-order chi connectivity index (χ0) is 11.6. The van der Waals surface area contributed by atoms with Gasteiger partial charge in [-0.2, -0.15) is 0 Å². The summed E-state index contributed by atoms with van der Waals surface area (Å²) in [5.74, 6) is -0.484. The summed E-state index contributed by atoms with van der Waals surface area (Å²) in [6.07, 6.45) is 0. The first-order chi connectivity index (χ1) is 6.79. The lowest BCUT2D eigenvalue weighted by molar-refractivity contribution is 0.0945. The summed E-state index contributed by atoms with van der Waals surface area (Å²) in [7, 11) is 0. The molecule has 0 heterocycles. The first-order valence-electron chi connectivity index (χ1n) is 4.50. The van der Waals surface area contributed by atoms with Gasteiger partial charge in [-0.15, -0.1) is 0 Å². The molecule has 1 rings (SSSR count). The molecule has 0 aliphatic rings. The second-order valence-corrected chi connectivity index (χ2v) is 4.93. The number of anilines is 2. The molecule has 0 aromatic heterocycles. The van der Waals surface area contributed by atoms with E-state index in [1.54, 1.807) is 19.9 Å². The van der Waals surface area contributed by atoms with Crippen LogP contribution in [0.15, 0.2) is 16.6 Å². The third-order valence-corrected chi connectivity index (χ3v) is 2.26. The molecule has 0 atom stereocenters. The first-order valence-corrected chi connectivity index (χ1v) is 5.30. The Morgan fingerprint density at radius 2 is 2.13 bits per heavy atom. The van der Waals surface area contributed by atoms with Crippen LogP contribution in [0.5, 0.6) is 0 Å². The molecule has 1 aromatic rings. The van der Waals surface area contributed by atoms with Gasteiger partial charge in [-0.25, -0.2) is 4.39 Å². The zero-order valence-electron chi connectivity index (χ0n) is 8.64. The van der Waals surface area contributed by atoms with Gasteiger partial charge in [0.1, 0.15) is 5.82 Å². The number of hydrogen-bond donors (Lipinski definition) is 3. The Hall–Kier alpha value is -0.810. The summed E-state index contributed by atoms with van der Waals surface area (Å²) in [4.78, 5) is 0. The van der Waals surface area contributed by atoms with Gasteiger partial charge in [0.05, 0.1) is 17.0 Å². The van der Waals surface area contributed by atoms with Crippen LogP contribution in [0.25, 0.3) is 0 Å². The molecule has 0 saturated carbocycles. The van der Waals surface area contributed by atoms with E-state index in [-0.39, 0.29) is 5.69 Å². The SMILES string of the molecule is CC(C)(O)CNc1cc(Br)cc(F)c1N. The van der Waals surface area contributed by atoms with Crippen molar-refractivity contribution in [3.8, 4) is 0 Å². The summed E-state index contributed by atoms with van der Waals surface area (Å²) in [5.41, 5.74) is 5.20. The van der Waals surface area contributed by atoms with Crippen LogP contribution in [-0.4, -0.2) is 17.3 Å². The Morgan fingerprint density at radius 1 is 1.53 bits per heavy atom. The molecular weight excluding hydrogens is 263 g/mol. The topological polar surface area (TPSA) is 58.3 Å². The molecule has 0 amide bonds. The maximum absolute atomic E-state index is 13.2. The van der Waals surface area contributed by atoms with Crippen molar-refractivity contribution >= 4 is 27.3 Å². The van der Waals surface area contributed by atoms with E-state index in [0.717, 1.165) is 0 Å². The monoisotopic (exact) mass is 276 g/mol. The highest BCUT2D eigenvalue weighted by atomic mass is 79.9. The van der Waals surface area contributed by atoms with Crippen LogP contribution >= 0.6 is 15.9 Å². The van der Waals surface area contributed by atoms with Crippen molar-refractivity contribution < 1.29 is 9.50 Å². The Balaban J connectivity index is 2.86. The van der Waals surface area contributed by atoms with Crippen LogP contribution in [0.3, 0.4) is 0 Å². The van der Waals surface area contributed by atoms with E-state index in [4.69, 9.17) is 5.73 Å². The van der Waals surface area contributed by atoms with Crippen molar-refractivity contribution in [3.63, 3.8) is 0 Å². The summed E-state index contributed by atoms with van der Waals surface area (Å²) in [6, 6.07) is 2.97. The maximum atomic E-state index is 13.2. The molecule has 0 aliphatic heterocycles. The van der Waals surface area contributed by atoms with Crippen molar-refractivity contribution in [2.45, 2.75) is 19.4 Å². The lowest BCUT2D eigenvalue weighted by Crippen LogP contribution is -2.29. The third kappa shape index (κ3) is 3.68. The minimum Gasteiger partial charge on any atom is -0.395 e. The highest BCUT2D eigenvalue weighted by Gasteiger charge is 2.14. The van der Waals surface area contributed by atoms with Gasteiger partial charge in [0.2, 0.25) is 0 Å². The van der Waals surface area contributed by atoms with Gasteiger partial charge in [0, 0.05) is 11.0 Å². The van der Waals surface area contributed by atoms with E-state index in [0.29, 0.717) is 16.7 Å². The number of nitrogens with one attached hydrogen (secondary N) is 1. The minimum atomic E-state index is -0.870. The van der Waals surface area contributed by atoms with E-state index in [1.807, 2.05) is 0 Å². The van der Waals surface area contributed by atoms with Crippen molar-refractivity contribution in [2.75, 3.05) is 17.6 Å². The van der Waals surface area contributed by atoms with Gasteiger partial charge in [-0.05, 0) is 26.0 Å². The Bertz CT molecular complexity index is 363. The van der Waals surface area contributed by atoms with Gasteiger partial charge in [0.15, 0.2) is 0 Å². The Kier molecular flexibility index (Phi) is 3.57. The van der Waals surface area contributed by atoms with Gasteiger partial charge in [-0.1, -0.05) is 15.9 Å². The fourth-order valence-electron chi connectivity index (χ4n) is 1.04. The average molecular weight is 277 g/mol. The molecule has 4 N–H and O–H groups in total. The van der Waals surface area contributed by atoms with Gasteiger partial charge in [-0.3, -0.25) is 0 Å². The van der Waals surface area contributed by atoms with E-state index in [9.17, 15) is 9.50 Å². The molecule has 0 saturated heterocycles. The molecule has 15 heavy (non-hydrogen) atoms. The summed E-state index contributed by atoms with van der Waals surface area (Å²) >= 11 is 3.17. The zero-order valence-corrected chi connectivity index (χ0v) is 10.2. The average Bonchev–Trinajstić information content (AvgIpc) is 2.07. The molecule has 3 nitrogen and oxygen atoms in total. The van der Waals surface area contributed by atoms with Crippen LogP contribution in [0, 0.1) is 5.82 Å². The lowest BCUT2D eigenvalue weighted by Gasteiger charge is -2.19. The standard InChI is InChI=1S/C10H14BrFN2O/c1-10(2,15)5-14-8-4-6(11)3-7(12)9(8)13/h3-4,14-15H,5,13H2,1-2H3. The minimum absolute atomic E-state index is 0.0578. The van der Waals surface area contributed by atoms with E-state index < -0.39 is 11.4 Å². The van der Waals surface area contributed by atoms with Crippen molar-refractivity contribution in [3.05, 3.63) is 22.4 Å². The quantitative estimate of drug-likeness (QED) is 0.743. The smallest absolute Gasteiger partial charge is 0.149 e. The van der Waals surface area contributed by atoms with Gasteiger partial charge in [0.25, 0.3) is 0 Å². The van der Waals surface area contributed by atoms with E-state index in [2.05, 4.69) is 21.2 Å². The maximum Gasteiger partial charge on any atom is 0.149 e. The van der Waals surface area contributed by atoms with Crippen LogP contribution in [-0.2, 0) is 0 Å². The molecule has 0 unspecified atom stereocenters. The van der Waals surface area contributed by atoms with Crippen molar-refractivity contribution in [2.24, 2.45) is 0 Å². The van der Waals surface area contributed by atoms with Gasteiger partial charge >= 0.3 is 0 Å². The number of rotatable bonds is 3. The predicted molar refractivity (Wildman–Crippen MR) is 63.3 cm³/mol. The van der Waals surface area contributed by atoms with Crippen LogP contribution < -0.4 is 11.1 Å². The molecule has 1 aromatic carbocycles. The summed E-state index contributed by atoms with van der Waals surface area (Å²) in [5, 5.41) is 12.4. The normalized spacial score (nSPS) is 11.5. The second kappa shape index (κ2) is 4.37. The molecular formula is C10H14BrFN2O. The fourth-order valence-corrected chi connectivity index (χ4v) is 1.47. The Morgan fingerprint density at radius 3 is 2.67 bits per heavy atom. The highest BCUT2D eigenvalue weighted by molar-refractivity contribution is 9.10. The first kappa shape index (κ1) is 12.3. The number of halogens is 2.